The number of hydrogen-bond acceptors (Lipinski definition) is 5. The number of allylic oxidation sites excluding steroid dienone is 2. The molecule has 2 N–H and O–H groups in total. The minimum Gasteiger partial charge on any atom is -0.478 e. The quantitative estimate of drug-likeness (QED) is 0.782. The number of nitrogens with zero attached hydrogens (tertiary/aromatic N) is 3. The van der Waals surface area contributed by atoms with Crippen LogP contribution in [0.2, 0.25) is 0 Å². The van der Waals surface area contributed by atoms with E-state index in [0.29, 0.717) is 25.3 Å². The van der Waals surface area contributed by atoms with Crippen molar-refractivity contribution in [1.29, 1.82) is 0 Å². The zero-order valence-corrected chi connectivity index (χ0v) is 15.2. The number of fused-ring (bicyclic) bond motifs is 1. The second-order valence-electron chi connectivity index (χ2n) is 7.38. The van der Waals surface area contributed by atoms with Crippen LogP contribution in [0.1, 0.15) is 23.0 Å². The van der Waals surface area contributed by atoms with E-state index in [4.69, 9.17) is 4.74 Å². The molecule has 7 nitrogen and oxygen atoms in total. The van der Waals surface area contributed by atoms with Crippen molar-refractivity contribution in [1.82, 2.24) is 20.0 Å². The van der Waals surface area contributed by atoms with Crippen molar-refractivity contribution in [3.8, 4) is 0 Å². The average Bonchev–Trinajstić information content (AvgIpc) is 3.03. The maximum atomic E-state index is 13.4. The van der Waals surface area contributed by atoms with Gasteiger partial charge in [0, 0.05) is 32.4 Å². The lowest BCUT2D eigenvalue weighted by Crippen LogP contribution is -2.40. The summed E-state index contributed by atoms with van der Waals surface area (Å²) in [4.78, 5) is 13.3. The van der Waals surface area contributed by atoms with Crippen molar-refractivity contribution < 1.29 is 23.4 Å². The van der Waals surface area contributed by atoms with E-state index in [0.717, 1.165) is 11.4 Å². The number of hydrogen-bond donors (Lipinski definition) is 2. The Kier molecular flexibility index (Phi) is 4.21. The number of alkyl halides is 2. The molecule has 1 aromatic rings. The number of methoxy groups -OCH3 is 1. The van der Waals surface area contributed by atoms with Gasteiger partial charge in [0.1, 0.15) is 17.1 Å². The van der Waals surface area contributed by atoms with Crippen LogP contribution in [0.15, 0.2) is 29.7 Å². The SMILES string of the molecule is COCc1nn(CC2=CC=C(N3CC4C(C3)C4(F)F)NC2C)cc1C(=O)O. The van der Waals surface area contributed by atoms with Crippen LogP contribution in [-0.2, 0) is 17.9 Å². The van der Waals surface area contributed by atoms with Crippen molar-refractivity contribution in [2.45, 2.75) is 32.0 Å². The fourth-order valence-electron chi connectivity index (χ4n) is 3.94. The molecule has 4 rings (SSSR count). The Morgan fingerprint density at radius 1 is 1.41 bits per heavy atom. The first-order valence-corrected chi connectivity index (χ1v) is 8.90. The molecule has 3 atom stereocenters. The maximum Gasteiger partial charge on any atom is 0.339 e. The van der Waals surface area contributed by atoms with Crippen LogP contribution >= 0.6 is 0 Å². The molecule has 0 amide bonds. The monoisotopic (exact) mass is 380 g/mol. The number of ether oxygens (including phenoxy) is 1. The third-order valence-corrected chi connectivity index (χ3v) is 5.61. The van der Waals surface area contributed by atoms with Gasteiger partial charge in [-0.15, -0.1) is 0 Å². The Morgan fingerprint density at radius 3 is 2.70 bits per heavy atom. The molecule has 2 aliphatic heterocycles. The van der Waals surface area contributed by atoms with Gasteiger partial charge in [-0.2, -0.15) is 5.10 Å². The summed E-state index contributed by atoms with van der Waals surface area (Å²) >= 11 is 0. The van der Waals surface area contributed by atoms with Gasteiger partial charge in [-0.1, -0.05) is 6.08 Å². The Balaban J connectivity index is 1.46. The van der Waals surface area contributed by atoms with Crippen molar-refractivity contribution in [2.75, 3.05) is 20.2 Å². The first-order chi connectivity index (χ1) is 12.8. The van der Waals surface area contributed by atoms with Gasteiger partial charge in [0.2, 0.25) is 0 Å². The smallest absolute Gasteiger partial charge is 0.339 e. The minimum atomic E-state index is -2.49. The molecule has 27 heavy (non-hydrogen) atoms. The lowest BCUT2D eigenvalue weighted by atomic mass is 10.1. The summed E-state index contributed by atoms with van der Waals surface area (Å²) in [7, 11) is 1.49. The number of aromatic carboxylic acids is 1. The van der Waals surface area contributed by atoms with Gasteiger partial charge >= 0.3 is 5.97 Å². The summed E-state index contributed by atoms with van der Waals surface area (Å²) < 4.78 is 33.3. The van der Waals surface area contributed by atoms with E-state index in [1.807, 2.05) is 24.0 Å². The molecule has 2 fully saturated rings. The molecule has 1 aromatic heterocycles. The van der Waals surface area contributed by atoms with Gasteiger partial charge < -0.3 is 20.1 Å². The largest absolute Gasteiger partial charge is 0.478 e. The second-order valence-corrected chi connectivity index (χ2v) is 7.38. The average molecular weight is 380 g/mol. The number of piperidine rings is 1. The molecule has 1 saturated heterocycles. The fraction of sp³-hybridized carbons (Fsp3) is 0.556. The van der Waals surface area contributed by atoms with Gasteiger partial charge in [-0.05, 0) is 18.6 Å². The molecule has 0 bridgehead atoms. The minimum absolute atomic E-state index is 0.00853. The molecule has 146 valence electrons. The number of halogens is 2. The third kappa shape index (κ3) is 3.09. The van der Waals surface area contributed by atoms with Crippen molar-refractivity contribution in [3.63, 3.8) is 0 Å². The lowest BCUT2D eigenvalue weighted by Gasteiger charge is -2.32. The van der Waals surface area contributed by atoms with Gasteiger partial charge in [0.25, 0.3) is 5.92 Å². The highest BCUT2D eigenvalue weighted by molar-refractivity contribution is 5.88. The number of carboxylic acids is 1. The molecule has 1 aliphatic carbocycles. The van der Waals surface area contributed by atoms with E-state index < -0.39 is 23.7 Å². The second kappa shape index (κ2) is 6.33. The van der Waals surface area contributed by atoms with Crippen LogP contribution in [0, 0.1) is 11.8 Å². The van der Waals surface area contributed by atoms with E-state index >= 15 is 0 Å². The number of nitrogens with one attached hydrogen (secondary N) is 1. The van der Waals surface area contributed by atoms with Crippen LogP contribution in [0.3, 0.4) is 0 Å². The highest BCUT2D eigenvalue weighted by Gasteiger charge is 2.71. The van der Waals surface area contributed by atoms with Crippen LogP contribution in [-0.4, -0.2) is 57.9 Å². The summed E-state index contributed by atoms with van der Waals surface area (Å²) in [5.74, 6) is -3.69. The van der Waals surface area contributed by atoms with Crippen LogP contribution in [0.5, 0.6) is 0 Å². The summed E-state index contributed by atoms with van der Waals surface area (Å²) in [6, 6.07) is -0.00853. The van der Waals surface area contributed by atoms with Crippen molar-refractivity contribution in [3.05, 3.63) is 41.0 Å². The molecule has 9 heteroatoms. The molecule has 0 aromatic carbocycles. The zero-order valence-electron chi connectivity index (χ0n) is 15.2. The maximum absolute atomic E-state index is 13.4. The Labute approximate surface area is 155 Å². The van der Waals surface area contributed by atoms with Gasteiger partial charge in [0.05, 0.1) is 25.0 Å². The highest BCUT2D eigenvalue weighted by Crippen LogP contribution is 2.59. The third-order valence-electron chi connectivity index (χ3n) is 5.61. The van der Waals surface area contributed by atoms with E-state index in [2.05, 4.69) is 10.4 Å². The molecule has 0 spiro atoms. The Bertz CT molecular complexity index is 819. The van der Waals surface area contributed by atoms with E-state index in [-0.39, 0.29) is 18.2 Å². The number of carbonyl (C=O) groups is 1. The summed E-state index contributed by atoms with van der Waals surface area (Å²) in [5.41, 5.74) is 1.54. The van der Waals surface area contributed by atoms with Gasteiger partial charge in [-0.3, -0.25) is 4.68 Å². The summed E-state index contributed by atoms with van der Waals surface area (Å²) in [6.45, 7) is 3.32. The van der Waals surface area contributed by atoms with E-state index in [1.54, 1.807) is 4.68 Å². The first kappa shape index (κ1) is 18.0. The molecular formula is C18H22F2N4O3. The number of carboxylic acid groups (broad SMARTS) is 1. The summed E-state index contributed by atoms with van der Waals surface area (Å²) in [5, 5.41) is 16.9. The lowest BCUT2D eigenvalue weighted by molar-refractivity contribution is 0.0580. The summed E-state index contributed by atoms with van der Waals surface area (Å²) in [6.07, 6.45) is 5.35. The van der Waals surface area contributed by atoms with Crippen molar-refractivity contribution in [2.24, 2.45) is 11.8 Å². The topological polar surface area (TPSA) is 79.6 Å². The Hall–Kier alpha value is -2.42. The predicted octanol–water partition coefficient (Wildman–Crippen LogP) is 1.68. The van der Waals surface area contributed by atoms with E-state index in [9.17, 15) is 18.7 Å². The van der Waals surface area contributed by atoms with Crippen LogP contribution in [0.25, 0.3) is 0 Å². The van der Waals surface area contributed by atoms with Gasteiger partial charge in [0.15, 0.2) is 0 Å². The van der Waals surface area contributed by atoms with Gasteiger partial charge in [-0.25, -0.2) is 13.6 Å². The van der Waals surface area contributed by atoms with Crippen LogP contribution < -0.4 is 5.32 Å². The molecular weight excluding hydrogens is 358 g/mol. The molecule has 0 radical (unpaired) electrons. The number of likely N-dealkylation sites (tertiary alicyclic amines) is 1. The van der Waals surface area contributed by atoms with Crippen molar-refractivity contribution >= 4 is 5.97 Å². The highest BCUT2D eigenvalue weighted by atomic mass is 19.3. The number of aromatic nitrogens is 2. The first-order valence-electron chi connectivity index (χ1n) is 8.90. The predicted molar refractivity (Wildman–Crippen MR) is 92.2 cm³/mol. The zero-order chi connectivity index (χ0) is 19.3. The molecule has 3 aliphatic rings. The molecule has 3 heterocycles. The number of dihydropyridines is 1. The fourth-order valence-corrected chi connectivity index (χ4v) is 3.94. The normalized spacial score (nSPS) is 28.3. The molecule has 3 unspecified atom stereocenters. The molecule has 1 saturated carbocycles. The standard InChI is InChI=1S/C18H22F2N4O3/c1-10-11(5-24-6-12(17(25)26)15(22-24)9-27-2)3-4-16(21-10)23-7-13-14(8-23)18(13,19)20/h3-4,6,10,13-14,21H,5,7-9H2,1-2H3,(H,25,26). The van der Waals surface area contributed by atoms with E-state index in [1.165, 1.54) is 13.3 Å². The Morgan fingerprint density at radius 2 is 2.11 bits per heavy atom. The number of rotatable bonds is 6. The van der Waals surface area contributed by atoms with Crippen LogP contribution in [0.4, 0.5) is 8.78 Å².